The van der Waals surface area contributed by atoms with Crippen molar-refractivity contribution in [1.29, 1.82) is 0 Å². The highest BCUT2D eigenvalue weighted by Crippen LogP contribution is 2.26. The molecule has 0 bridgehead atoms. The van der Waals surface area contributed by atoms with Crippen LogP contribution in [0.3, 0.4) is 0 Å². The molecule has 0 saturated carbocycles. The van der Waals surface area contributed by atoms with Gasteiger partial charge in [-0.2, -0.15) is 0 Å². The van der Waals surface area contributed by atoms with Gasteiger partial charge < -0.3 is 5.32 Å². The minimum Gasteiger partial charge on any atom is -0.310 e. The summed E-state index contributed by atoms with van der Waals surface area (Å²) >= 11 is 3.30. The molecule has 7 heteroatoms. The Morgan fingerprint density at radius 1 is 1.20 bits per heavy atom. The molecule has 25 heavy (non-hydrogen) atoms. The number of imide groups is 1. The zero-order chi connectivity index (χ0) is 18.0. The van der Waals surface area contributed by atoms with E-state index in [1.807, 2.05) is 13.0 Å². The Kier molecular flexibility index (Phi) is 4.94. The topological polar surface area (TPSA) is 79.4 Å². The van der Waals surface area contributed by atoms with Crippen LogP contribution >= 0.6 is 15.9 Å². The third kappa shape index (κ3) is 3.61. The summed E-state index contributed by atoms with van der Waals surface area (Å²) < 4.78 is 0.749. The quantitative estimate of drug-likeness (QED) is 0.780. The largest absolute Gasteiger partial charge is 0.310 e. The van der Waals surface area contributed by atoms with Crippen molar-refractivity contribution in [3.63, 3.8) is 0 Å². The summed E-state index contributed by atoms with van der Waals surface area (Å²) in [5.41, 5.74) is 1.68. The molecule has 0 fully saturated rings. The minimum atomic E-state index is -0.317. The average Bonchev–Trinajstić information content (AvgIpc) is 2.81. The number of nitrogens with one attached hydrogen (secondary N) is 1. The van der Waals surface area contributed by atoms with Crippen LogP contribution in [0, 0.1) is 6.92 Å². The third-order valence-corrected chi connectivity index (χ3v) is 4.48. The molecule has 1 aromatic carbocycles. The molecular formula is C18H16BrN3O3. The summed E-state index contributed by atoms with van der Waals surface area (Å²) in [7, 11) is 0. The van der Waals surface area contributed by atoms with Crippen molar-refractivity contribution in [2.75, 3.05) is 11.9 Å². The van der Waals surface area contributed by atoms with Crippen LogP contribution in [-0.4, -0.2) is 34.2 Å². The van der Waals surface area contributed by atoms with Crippen LogP contribution in [0.25, 0.3) is 0 Å². The van der Waals surface area contributed by atoms with Crippen LogP contribution in [0.1, 0.15) is 39.1 Å². The standard InChI is InChI=1S/C18H16BrN3O3/c1-11-4-2-8-20-16(11)21-15(23)5-3-9-22-17(24)13-7-6-12(19)10-14(13)18(22)25/h2,4,6-8,10H,3,5,9H2,1H3,(H,20,21,23). The maximum Gasteiger partial charge on any atom is 0.261 e. The molecule has 0 radical (unpaired) electrons. The molecule has 0 unspecified atom stereocenters. The zero-order valence-corrected chi connectivity index (χ0v) is 15.2. The fourth-order valence-corrected chi connectivity index (χ4v) is 3.04. The van der Waals surface area contributed by atoms with E-state index in [4.69, 9.17) is 0 Å². The zero-order valence-electron chi connectivity index (χ0n) is 13.6. The molecule has 1 N–H and O–H groups in total. The SMILES string of the molecule is Cc1cccnc1NC(=O)CCCN1C(=O)c2ccc(Br)cc2C1=O. The van der Waals surface area contributed by atoms with Crippen LogP contribution < -0.4 is 5.32 Å². The lowest BCUT2D eigenvalue weighted by molar-refractivity contribution is -0.116. The number of carbonyl (C=O) groups excluding carboxylic acids is 3. The van der Waals surface area contributed by atoms with Gasteiger partial charge in [-0.1, -0.05) is 22.0 Å². The number of benzene rings is 1. The van der Waals surface area contributed by atoms with Gasteiger partial charge in [-0.15, -0.1) is 0 Å². The first-order chi connectivity index (χ1) is 12.0. The Balaban J connectivity index is 1.56. The molecule has 1 aliphatic heterocycles. The van der Waals surface area contributed by atoms with E-state index < -0.39 is 0 Å². The van der Waals surface area contributed by atoms with Crippen LogP contribution in [0.15, 0.2) is 41.0 Å². The van der Waals surface area contributed by atoms with Gasteiger partial charge >= 0.3 is 0 Å². The second-order valence-corrected chi connectivity index (χ2v) is 6.69. The van der Waals surface area contributed by atoms with Crippen molar-refractivity contribution in [2.24, 2.45) is 0 Å². The van der Waals surface area contributed by atoms with E-state index >= 15 is 0 Å². The van der Waals surface area contributed by atoms with Crippen molar-refractivity contribution >= 4 is 39.5 Å². The van der Waals surface area contributed by atoms with E-state index in [0.717, 1.165) is 10.0 Å². The Labute approximate surface area is 153 Å². The number of hydrogen-bond acceptors (Lipinski definition) is 4. The molecule has 2 heterocycles. The highest BCUT2D eigenvalue weighted by Gasteiger charge is 2.35. The predicted octanol–water partition coefficient (Wildman–Crippen LogP) is 3.17. The fraction of sp³-hybridized carbons (Fsp3) is 0.222. The number of rotatable bonds is 5. The van der Waals surface area contributed by atoms with Gasteiger partial charge in [0.15, 0.2) is 0 Å². The monoisotopic (exact) mass is 401 g/mol. The molecule has 0 aliphatic carbocycles. The Morgan fingerprint density at radius 2 is 1.96 bits per heavy atom. The van der Waals surface area contributed by atoms with Crippen molar-refractivity contribution in [3.8, 4) is 0 Å². The van der Waals surface area contributed by atoms with Gasteiger partial charge in [-0.25, -0.2) is 4.98 Å². The molecule has 1 aromatic heterocycles. The number of amides is 3. The van der Waals surface area contributed by atoms with Crippen molar-refractivity contribution in [2.45, 2.75) is 19.8 Å². The van der Waals surface area contributed by atoms with Crippen LogP contribution in [0.2, 0.25) is 0 Å². The first kappa shape index (κ1) is 17.3. The lowest BCUT2D eigenvalue weighted by atomic mass is 10.1. The number of anilines is 1. The molecular weight excluding hydrogens is 386 g/mol. The van der Waals surface area contributed by atoms with Gasteiger partial charge in [-0.3, -0.25) is 19.3 Å². The smallest absolute Gasteiger partial charge is 0.261 e. The molecule has 1 aliphatic rings. The number of fused-ring (bicyclic) bond motifs is 1. The van der Waals surface area contributed by atoms with Gasteiger partial charge in [0.2, 0.25) is 5.91 Å². The van der Waals surface area contributed by atoms with Crippen molar-refractivity contribution < 1.29 is 14.4 Å². The summed E-state index contributed by atoms with van der Waals surface area (Å²) in [6.45, 7) is 2.07. The summed E-state index contributed by atoms with van der Waals surface area (Å²) in [4.78, 5) is 42.0. The molecule has 0 saturated heterocycles. The van der Waals surface area contributed by atoms with Gasteiger partial charge in [-0.05, 0) is 43.2 Å². The molecule has 6 nitrogen and oxygen atoms in total. The Hall–Kier alpha value is -2.54. The average molecular weight is 402 g/mol. The Morgan fingerprint density at radius 3 is 2.72 bits per heavy atom. The van der Waals surface area contributed by atoms with E-state index in [2.05, 4.69) is 26.2 Å². The number of halogens is 1. The molecule has 0 spiro atoms. The first-order valence-corrected chi connectivity index (χ1v) is 8.64. The first-order valence-electron chi connectivity index (χ1n) is 7.84. The van der Waals surface area contributed by atoms with Gasteiger partial charge in [0.25, 0.3) is 11.8 Å². The molecule has 2 aromatic rings. The summed E-state index contributed by atoms with van der Waals surface area (Å²) in [6, 6.07) is 8.67. The predicted molar refractivity (Wildman–Crippen MR) is 96.3 cm³/mol. The van der Waals surface area contributed by atoms with Gasteiger partial charge in [0.05, 0.1) is 11.1 Å². The van der Waals surface area contributed by atoms with Crippen LogP contribution in [0.4, 0.5) is 5.82 Å². The van der Waals surface area contributed by atoms with E-state index in [0.29, 0.717) is 23.4 Å². The second kappa shape index (κ2) is 7.14. The van der Waals surface area contributed by atoms with Crippen molar-refractivity contribution in [1.82, 2.24) is 9.88 Å². The summed E-state index contributed by atoms with van der Waals surface area (Å²) in [5.74, 6) is -0.296. The third-order valence-electron chi connectivity index (χ3n) is 3.99. The van der Waals surface area contributed by atoms with Gasteiger partial charge in [0, 0.05) is 23.6 Å². The number of pyridine rings is 1. The number of nitrogens with zero attached hydrogens (tertiary/aromatic N) is 2. The maximum absolute atomic E-state index is 12.3. The lowest BCUT2D eigenvalue weighted by Gasteiger charge is -2.13. The molecule has 3 amide bonds. The second-order valence-electron chi connectivity index (χ2n) is 5.77. The number of aromatic nitrogens is 1. The highest BCUT2D eigenvalue weighted by molar-refractivity contribution is 9.10. The summed E-state index contributed by atoms with van der Waals surface area (Å²) in [6.07, 6.45) is 2.21. The number of carbonyl (C=O) groups is 3. The molecule has 0 atom stereocenters. The maximum atomic E-state index is 12.3. The number of hydrogen-bond donors (Lipinski definition) is 1. The molecule has 3 rings (SSSR count). The van der Waals surface area contributed by atoms with E-state index in [1.165, 1.54) is 4.90 Å². The minimum absolute atomic E-state index is 0.193. The molecule has 128 valence electrons. The van der Waals surface area contributed by atoms with E-state index in [-0.39, 0.29) is 30.7 Å². The number of aryl methyl sites for hydroxylation is 1. The Bertz CT molecular complexity index is 866. The van der Waals surface area contributed by atoms with Crippen LogP contribution in [0.5, 0.6) is 0 Å². The van der Waals surface area contributed by atoms with E-state index in [9.17, 15) is 14.4 Å². The normalized spacial score (nSPS) is 13.1. The van der Waals surface area contributed by atoms with Crippen molar-refractivity contribution in [3.05, 3.63) is 57.7 Å². The van der Waals surface area contributed by atoms with Gasteiger partial charge in [0.1, 0.15) is 5.82 Å². The highest BCUT2D eigenvalue weighted by atomic mass is 79.9. The van der Waals surface area contributed by atoms with Crippen LogP contribution in [-0.2, 0) is 4.79 Å². The summed E-state index contributed by atoms with van der Waals surface area (Å²) in [5, 5.41) is 2.74. The van der Waals surface area contributed by atoms with E-state index in [1.54, 1.807) is 30.5 Å². The fourth-order valence-electron chi connectivity index (χ4n) is 2.67. The lowest BCUT2D eigenvalue weighted by Crippen LogP contribution is -2.31.